The Kier molecular flexibility index (Phi) is 3.55. The van der Waals surface area contributed by atoms with E-state index in [1.165, 1.54) is 18.2 Å². The Morgan fingerprint density at radius 1 is 1.44 bits per heavy atom. The Labute approximate surface area is 106 Å². The van der Waals surface area contributed by atoms with Crippen molar-refractivity contribution in [3.63, 3.8) is 0 Å². The van der Waals surface area contributed by atoms with Gasteiger partial charge in [0.25, 0.3) is 0 Å². The van der Waals surface area contributed by atoms with Crippen molar-refractivity contribution in [2.45, 2.75) is 32.7 Å². The molecule has 2 unspecified atom stereocenters. The zero-order valence-corrected chi connectivity index (χ0v) is 10.7. The van der Waals surface area contributed by atoms with Crippen LogP contribution < -0.4 is 4.90 Å². The minimum atomic E-state index is -1.07. The fourth-order valence-corrected chi connectivity index (χ4v) is 2.72. The fourth-order valence-electron chi connectivity index (χ4n) is 2.72. The van der Waals surface area contributed by atoms with Crippen LogP contribution in [0.3, 0.4) is 0 Å². The van der Waals surface area contributed by atoms with Gasteiger partial charge in [0.1, 0.15) is 5.82 Å². The van der Waals surface area contributed by atoms with Crippen LogP contribution in [0.5, 0.6) is 0 Å². The first-order valence-electron chi connectivity index (χ1n) is 6.29. The molecule has 0 radical (unpaired) electrons. The average molecular weight is 251 g/mol. The molecule has 1 aliphatic rings. The van der Waals surface area contributed by atoms with Crippen LogP contribution in [0.2, 0.25) is 0 Å². The molecular weight excluding hydrogens is 233 g/mol. The number of rotatable bonds is 2. The van der Waals surface area contributed by atoms with E-state index in [0.29, 0.717) is 12.5 Å². The molecule has 2 rings (SSSR count). The molecule has 0 spiro atoms. The molecule has 98 valence electrons. The lowest BCUT2D eigenvalue weighted by atomic mass is 9.92. The van der Waals surface area contributed by atoms with Crippen LogP contribution in [0, 0.1) is 11.7 Å². The molecule has 1 fully saturated rings. The second-order valence-corrected chi connectivity index (χ2v) is 5.11. The lowest BCUT2D eigenvalue weighted by molar-refractivity contribution is 0.0697. The van der Waals surface area contributed by atoms with E-state index in [1.807, 2.05) is 11.8 Å². The molecule has 0 amide bonds. The number of hydrogen-bond donors (Lipinski definition) is 1. The molecule has 1 aromatic rings. The van der Waals surface area contributed by atoms with E-state index < -0.39 is 11.8 Å². The predicted octanol–water partition coefficient (Wildman–Crippen LogP) is 3.15. The Hall–Kier alpha value is -1.58. The highest BCUT2D eigenvalue weighted by Crippen LogP contribution is 2.32. The van der Waals surface area contributed by atoms with Gasteiger partial charge in [-0.2, -0.15) is 0 Å². The number of para-hydroxylation sites is 1. The summed E-state index contributed by atoms with van der Waals surface area (Å²) < 4.78 is 14.0. The summed E-state index contributed by atoms with van der Waals surface area (Å²) in [7, 11) is 0. The van der Waals surface area contributed by atoms with Crippen molar-refractivity contribution < 1.29 is 14.3 Å². The van der Waals surface area contributed by atoms with Gasteiger partial charge in [-0.15, -0.1) is 0 Å². The molecule has 1 aliphatic heterocycles. The predicted molar refractivity (Wildman–Crippen MR) is 68.6 cm³/mol. The number of carboxylic acid groups (broad SMARTS) is 1. The Morgan fingerprint density at radius 2 is 2.17 bits per heavy atom. The smallest absolute Gasteiger partial charge is 0.337 e. The molecule has 0 bridgehead atoms. The first-order chi connectivity index (χ1) is 8.50. The van der Waals surface area contributed by atoms with Crippen LogP contribution in [0.25, 0.3) is 0 Å². The van der Waals surface area contributed by atoms with Crippen molar-refractivity contribution in [2.24, 2.45) is 5.92 Å². The molecule has 1 N–H and O–H groups in total. The largest absolute Gasteiger partial charge is 0.478 e. The molecule has 3 nitrogen and oxygen atoms in total. The maximum Gasteiger partial charge on any atom is 0.337 e. The Balaban J connectivity index is 2.41. The third-order valence-electron chi connectivity index (χ3n) is 3.64. The van der Waals surface area contributed by atoms with Crippen molar-refractivity contribution in [3.8, 4) is 0 Å². The Morgan fingerprint density at radius 3 is 2.78 bits per heavy atom. The third-order valence-corrected chi connectivity index (χ3v) is 3.64. The minimum absolute atomic E-state index is 0.0522. The van der Waals surface area contributed by atoms with Gasteiger partial charge < -0.3 is 10.0 Å². The van der Waals surface area contributed by atoms with Gasteiger partial charge in [0.15, 0.2) is 0 Å². The number of halogens is 1. The summed E-state index contributed by atoms with van der Waals surface area (Å²) in [6.07, 6.45) is 1.94. The number of carbonyl (C=O) groups is 1. The molecule has 0 saturated carbocycles. The molecule has 2 atom stereocenters. The summed E-state index contributed by atoms with van der Waals surface area (Å²) in [6, 6.07) is 4.40. The first-order valence-corrected chi connectivity index (χ1v) is 6.29. The lowest BCUT2D eigenvalue weighted by Crippen LogP contribution is -2.41. The number of nitrogens with zero attached hydrogens (tertiary/aromatic N) is 1. The van der Waals surface area contributed by atoms with E-state index in [0.717, 1.165) is 12.8 Å². The summed E-state index contributed by atoms with van der Waals surface area (Å²) >= 11 is 0. The van der Waals surface area contributed by atoms with Crippen LogP contribution in [-0.4, -0.2) is 23.7 Å². The first kappa shape index (κ1) is 12.9. The van der Waals surface area contributed by atoms with Gasteiger partial charge in [-0.3, -0.25) is 0 Å². The molecule has 0 aliphatic carbocycles. The summed E-state index contributed by atoms with van der Waals surface area (Å²) in [5.41, 5.74) is 0.292. The van der Waals surface area contributed by atoms with Crippen LogP contribution >= 0.6 is 0 Å². The highest BCUT2D eigenvalue weighted by atomic mass is 19.1. The van der Waals surface area contributed by atoms with E-state index in [-0.39, 0.29) is 17.3 Å². The zero-order chi connectivity index (χ0) is 13.3. The van der Waals surface area contributed by atoms with Gasteiger partial charge in [-0.25, -0.2) is 9.18 Å². The van der Waals surface area contributed by atoms with Gasteiger partial charge in [0.05, 0.1) is 11.3 Å². The van der Waals surface area contributed by atoms with Crippen molar-refractivity contribution in [3.05, 3.63) is 29.6 Å². The van der Waals surface area contributed by atoms with Crippen molar-refractivity contribution in [2.75, 3.05) is 11.4 Å². The number of piperidine rings is 1. The van der Waals surface area contributed by atoms with Crippen molar-refractivity contribution in [1.82, 2.24) is 0 Å². The third kappa shape index (κ3) is 2.33. The second kappa shape index (κ2) is 4.96. The highest BCUT2D eigenvalue weighted by Gasteiger charge is 2.28. The van der Waals surface area contributed by atoms with Gasteiger partial charge >= 0.3 is 5.97 Å². The quantitative estimate of drug-likeness (QED) is 0.877. The molecule has 1 saturated heterocycles. The number of anilines is 1. The maximum atomic E-state index is 14.0. The van der Waals surface area contributed by atoms with Crippen LogP contribution in [0.4, 0.5) is 10.1 Å². The molecule has 4 heteroatoms. The normalized spacial score (nSPS) is 24.1. The molecule has 0 aromatic heterocycles. The second-order valence-electron chi connectivity index (χ2n) is 5.11. The molecular formula is C14H18FNO2. The summed E-state index contributed by atoms with van der Waals surface area (Å²) in [4.78, 5) is 13.1. The van der Waals surface area contributed by atoms with Gasteiger partial charge in [0, 0.05) is 12.6 Å². The number of aromatic carboxylic acids is 1. The lowest BCUT2D eigenvalue weighted by Gasteiger charge is -2.39. The zero-order valence-electron chi connectivity index (χ0n) is 10.7. The van der Waals surface area contributed by atoms with Gasteiger partial charge in [0.2, 0.25) is 0 Å². The van der Waals surface area contributed by atoms with Crippen molar-refractivity contribution >= 4 is 11.7 Å². The summed E-state index contributed by atoms with van der Waals surface area (Å²) in [6.45, 7) is 4.91. The monoisotopic (exact) mass is 251 g/mol. The van der Waals surface area contributed by atoms with E-state index in [1.54, 1.807) is 0 Å². The maximum absolute atomic E-state index is 14.0. The SMILES string of the molecule is CC1CCN(c2c(F)cccc2C(=O)O)C(C)C1. The standard InChI is InChI=1S/C14H18FNO2/c1-9-6-7-16(10(2)8-9)13-11(14(17)18)4-3-5-12(13)15/h3-5,9-10H,6-8H2,1-2H3,(H,17,18). The number of carboxylic acids is 1. The highest BCUT2D eigenvalue weighted by molar-refractivity contribution is 5.94. The topological polar surface area (TPSA) is 40.5 Å². The fraction of sp³-hybridized carbons (Fsp3) is 0.500. The van der Waals surface area contributed by atoms with E-state index in [2.05, 4.69) is 6.92 Å². The Bertz CT molecular complexity index is 461. The van der Waals surface area contributed by atoms with Crippen LogP contribution in [-0.2, 0) is 0 Å². The van der Waals surface area contributed by atoms with Crippen LogP contribution in [0.1, 0.15) is 37.0 Å². The minimum Gasteiger partial charge on any atom is -0.478 e. The summed E-state index contributed by atoms with van der Waals surface area (Å²) in [5.74, 6) is -0.914. The average Bonchev–Trinajstić information content (AvgIpc) is 2.29. The van der Waals surface area contributed by atoms with E-state index in [9.17, 15) is 9.18 Å². The summed E-state index contributed by atoms with van der Waals surface area (Å²) in [5, 5.41) is 9.17. The van der Waals surface area contributed by atoms with E-state index in [4.69, 9.17) is 5.11 Å². The van der Waals surface area contributed by atoms with E-state index >= 15 is 0 Å². The molecule has 1 aromatic carbocycles. The van der Waals surface area contributed by atoms with Crippen LogP contribution in [0.15, 0.2) is 18.2 Å². The number of benzene rings is 1. The van der Waals surface area contributed by atoms with Gasteiger partial charge in [-0.1, -0.05) is 13.0 Å². The number of hydrogen-bond acceptors (Lipinski definition) is 2. The molecule has 1 heterocycles. The van der Waals surface area contributed by atoms with Gasteiger partial charge in [-0.05, 0) is 37.8 Å². The molecule has 18 heavy (non-hydrogen) atoms. The van der Waals surface area contributed by atoms with Crippen molar-refractivity contribution in [1.29, 1.82) is 0 Å².